The summed E-state index contributed by atoms with van der Waals surface area (Å²) in [5, 5.41) is 3.39. The minimum Gasteiger partial charge on any atom is -0.357 e. The van der Waals surface area contributed by atoms with Gasteiger partial charge in [-0.25, -0.2) is 0 Å². The van der Waals surface area contributed by atoms with E-state index in [4.69, 9.17) is 11.6 Å². The molecule has 2 rings (SSSR count). The number of nitrogens with zero attached hydrogens (tertiary/aromatic N) is 1. The Balaban J connectivity index is 2.10. The molecule has 0 aromatic heterocycles. The highest BCUT2D eigenvalue weighted by molar-refractivity contribution is 7.99. The summed E-state index contributed by atoms with van der Waals surface area (Å²) in [4.78, 5) is 27.1. The Kier molecular flexibility index (Phi) is 8.87. The van der Waals surface area contributed by atoms with E-state index in [1.165, 1.54) is 0 Å². The first-order chi connectivity index (χ1) is 13.5. The summed E-state index contributed by atoms with van der Waals surface area (Å²) >= 11 is 7.46. The van der Waals surface area contributed by atoms with Gasteiger partial charge in [-0.1, -0.05) is 54.9 Å². The lowest BCUT2D eigenvalue weighted by molar-refractivity contribution is -0.139. The molecule has 28 heavy (non-hydrogen) atoms. The number of rotatable bonds is 9. The van der Waals surface area contributed by atoms with E-state index in [0.717, 1.165) is 22.4 Å². The van der Waals surface area contributed by atoms with Crippen molar-refractivity contribution in [1.29, 1.82) is 0 Å². The maximum atomic E-state index is 13.0. The number of thioether (sulfide) groups is 1. The molecule has 2 aromatic carbocycles. The van der Waals surface area contributed by atoms with Crippen molar-refractivity contribution in [2.75, 3.05) is 12.8 Å². The fourth-order valence-corrected chi connectivity index (χ4v) is 3.97. The van der Waals surface area contributed by atoms with Crippen LogP contribution in [0.25, 0.3) is 0 Å². The van der Waals surface area contributed by atoms with Crippen molar-refractivity contribution >= 4 is 35.2 Å². The Morgan fingerprint density at radius 3 is 2.43 bits per heavy atom. The van der Waals surface area contributed by atoms with E-state index in [-0.39, 0.29) is 11.8 Å². The van der Waals surface area contributed by atoms with Gasteiger partial charge in [-0.2, -0.15) is 0 Å². The molecule has 0 saturated heterocycles. The van der Waals surface area contributed by atoms with Crippen molar-refractivity contribution in [2.24, 2.45) is 0 Å². The van der Waals surface area contributed by atoms with E-state index in [1.807, 2.05) is 62.4 Å². The molecule has 1 N–H and O–H groups in total. The van der Waals surface area contributed by atoms with Gasteiger partial charge in [0.15, 0.2) is 0 Å². The topological polar surface area (TPSA) is 49.4 Å². The van der Waals surface area contributed by atoms with Gasteiger partial charge in [0.1, 0.15) is 6.04 Å². The molecule has 0 spiro atoms. The van der Waals surface area contributed by atoms with Gasteiger partial charge in [0.25, 0.3) is 0 Å². The zero-order valence-electron chi connectivity index (χ0n) is 16.6. The normalized spacial score (nSPS) is 11.7. The summed E-state index contributed by atoms with van der Waals surface area (Å²) in [6.45, 7) is 4.38. The second kappa shape index (κ2) is 11.1. The minimum absolute atomic E-state index is 0.0299. The average Bonchev–Trinajstić information content (AvgIpc) is 2.70. The number of benzene rings is 2. The van der Waals surface area contributed by atoms with Crippen LogP contribution in [-0.2, 0) is 21.9 Å². The molecular weight excluding hydrogens is 392 g/mol. The van der Waals surface area contributed by atoms with Crippen LogP contribution in [0.1, 0.15) is 30.0 Å². The number of amides is 2. The van der Waals surface area contributed by atoms with Crippen molar-refractivity contribution in [2.45, 2.75) is 38.6 Å². The number of carbonyl (C=O) groups excluding carboxylic acids is 2. The maximum absolute atomic E-state index is 13.0. The SMILES string of the molecule is CC[C@@H](C(=O)NC)N(Cc1ccccc1C)C(=O)CSCc1ccc(Cl)cc1. The predicted octanol–water partition coefficient (Wildman–Crippen LogP) is 4.44. The Morgan fingerprint density at radius 1 is 1.14 bits per heavy atom. The van der Waals surface area contributed by atoms with E-state index in [2.05, 4.69) is 5.32 Å². The van der Waals surface area contributed by atoms with E-state index in [1.54, 1.807) is 23.7 Å². The molecule has 0 saturated carbocycles. The summed E-state index contributed by atoms with van der Waals surface area (Å²) in [5.41, 5.74) is 3.28. The van der Waals surface area contributed by atoms with Crippen molar-refractivity contribution in [3.05, 3.63) is 70.2 Å². The minimum atomic E-state index is -0.478. The number of aryl methyl sites for hydroxylation is 1. The molecule has 0 fully saturated rings. The van der Waals surface area contributed by atoms with Crippen LogP contribution in [0.3, 0.4) is 0 Å². The number of carbonyl (C=O) groups is 2. The number of likely N-dealkylation sites (N-methyl/N-ethyl adjacent to an activating group) is 1. The largest absolute Gasteiger partial charge is 0.357 e. The molecule has 0 heterocycles. The summed E-state index contributed by atoms with van der Waals surface area (Å²) in [6.07, 6.45) is 0.569. The summed E-state index contributed by atoms with van der Waals surface area (Å²) in [6, 6.07) is 15.1. The summed E-state index contributed by atoms with van der Waals surface area (Å²) in [5.74, 6) is 0.879. The highest BCUT2D eigenvalue weighted by atomic mass is 35.5. The quantitative estimate of drug-likeness (QED) is 0.655. The van der Waals surface area contributed by atoms with Crippen LogP contribution < -0.4 is 5.32 Å². The second-order valence-corrected chi connectivity index (χ2v) is 8.03. The van der Waals surface area contributed by atoms with Crippen LogP contribution in [0.15, 0.2) is 48.5 Å². The van der Waals surface area contributed by atoms with Gasteiger partial charge < -0.3 is 10.2 Å². The van der Waals surface area contributed by atoms with Crippen LogP contribution in [0, 0.1) is 6.92 Å². The first-order valence-electron chi connectivity index (χ1n) is 9.34. The summed E-state index contributed by atoms with van der Waals surface area (Å²) < 4.78 is 0. The third-order valence-corrected chi connectivity index (χ3v) is 5.88. The van der Waals surface area contributed by atoms with Gasteiger partial charge in [0, 0.05) is 24.4 Å². The van der Waals surface area contributed by atoms with Crippen molar-refractivity contribution in [1.82, 2.24) is 10.2 Å². The van der Waals surface area contributed by atoms with E-state index >= 15 is 0 Å². The van der Waals surface area contributed by atoms with Gasteiger partial charge in [-0.15, -0.1) is 11.8 Å². The molecule has 0 aliphatic rings. The molecule has 1 atom stereocenters. The predicted molar refractivity (Wildman–Crippen MR) is 117 cm³/mol. The maximum Gasteiger partial charge on any atom is 0.242 e. The molecule has 2 amide bonds. The molecule has 0 aliphatic heterocycles. The Hall–Kier alpha value is -1.98. The Bertz CT molecular complexity index is 795. The number of hydrogen-bond donors (Lipinski definition) is 1. The molecule has 0 aliphatic carbocycles. The van der Waals surface area contributed by atoms with Crippen LogP contribution in [0.2, 0.25) is 5.02 Å². The van der Waals surface area contributed by atoms with E-state index in [0.29, 0.717) is 23.7 Å². The monoisotopic (exact) mass is 418 g/mol. The highest BCUT2D eigenvalue weighted by Crippen LogP contribution is 2.19. The Labute approximate surface area is 176 Å². The molecule has 150 valence electrons. The van der Waals surface area contributed by atoms with E-state index < -0.39 is 6.04 Å². The van der Waals surface area contributed by atoms with Gasteiger partial charge in [-0.3, -0.25) is 9.59 Å². The van der Waals surface area contributed by atoms with Crippen molar-refractivity contribution in [3.63, 3.8) is 0 Å². The van der Waals surface area contributed by atoms with Gasteiger partial charge in [-0.05, 0) is 42.2 Å². The third kappa shape index (κ3) is 6.28. The Morgan fingerprint density at radius 2 is 1.82 bits per heavy atom. The lowest BCUT2D eigenvalue weighted by Crippen LogP contribution is -2.48. The zero-order valence-corrected chi connectivity index (χ0v) is 18.1. The van der Waals surface area contributed by atoms with Crippen LogP contribution in [-0.4, -0.2) is 35.6 Å². The van der Waals surface area contributed by atoms with Gasteiger partial charge in [0.2, 0.25) is 11.8 Å². The molecule has 0 bridgehead atoms. The van der Waals surface area contributed by atoms with Crippen molar-refractivity contribution in [3.8, 4) is 0 Å². The van der Waals surface area contributed by atoms with Gasteiger partial charge in [0.05, 0.1) is 5.75 Å². The van der Waals surface area contributed by atoms with E-state index in [9.17, 15) is 9.59 Å². The third-order valence-electron chi connectivity index (χ3n) is 4.64. The lowest BCUT2D eigenvalue weighted by atomic mass is 10.1. The lowest BCUT2D eigenvalue weighted by Gasteiger charge is -2.30. The van der Waals surface area contributed by atoms with Crippen molar-refractivity contribution < 1.29 is 9.59 Å². The zero-order chi connectivity index (χ0) is 20.5. The molecule has 0 unspecified atom stereocenters. The molecule has 0 radical (unpaired) electrons. The fourth-order valence-electron chi connectivity index (χ4n) is 2.98. The number of halogens is 1. The standard InChI is InChI=1S/C22H27ClN2O2S/c1-4-20(22(27)24-3)25(13-18-8-6-5-7-16(18)2)21(26)15-28-14-17-9-11-19(23)12-10-17/h5-12,20H,4,13-15H2,1-3H3,(H,24,27)/t20-/m0/s1. The molecule has 2 aromatic rings. The van der Waals surface area contributed by atoms with Crippen LogP contribution in [0.4, 0.5) is 0 Å². The smallest absolute Gasteiger partial charge is 0.242 e. The van der Waals surface area contributed by atoms with Crippen LogP contribution in [0.5, 0.6) is 0 Å². The first kappa shape index (κ1) is 22.3. The fraction of sp³-hybridized carbons (Fsp3) is 0.364. The average molecular weight is 419 g/mol. The highest BCUT2D eigenvalue weighted by Gasteiger charge is 2.28. The first-order valence-corrected chi connectivity index (χ1v) is 10.9. The van der Waals surface area contributed by atoms with Gasteiger partial charge >= 0.3 is 0 Å². The molecular formula is C22H27ClN2O2S. The summed E-state index contributed by atoms with van der Waals surface area (Å²) in [7, 11) is 1.61. The molecule has 6 heteroatoms. The second-order valence-electron chi connectivity index (χ2n) is 6.61. The number of nitrogens with one attached hydrogen (secondary N) is 1. The number of hydrogen-bond acceptors (Lipinski definition) is 3. The van der Waals surface area contributed by atoms with Crippen LogP contribution >= 0.6 is 23.4 Å². The molecule has 4 nitrogen and oxygen atoms in total.